The van der Waals surface area contributed by atoms with Crippen LogP contribution < -0.4 is 0 Å². The van der Waals surface area contributed by atoms with Crippen LogP contribution in [0.5, 0.6) is 0 Å². The summed E-state index contributed by atoms with van der Waals surface area (Å²) in [5.41, 5.74) is 8.99. The minimum absolute atomic E-state index is 0.0842. The molecule has 0 fully saturated rings. The summed E-state index contributed by atoms with van der Waals surface area (Å²) >= 11 is 1.42. The molecular formula is C17H14N4OS. The number of fused-ring (bicyclic) bond motifs is 1. The zero-order chi connectivity index (χ0) is 16.3. The van der Waals surface area contributed by atoms with Crippen LogP contribution in [-0.4, -0.2) is 10.1 Å². The van der Waals surface area contributed by atoms with E-state index in [9.17, 15) is 5.11 Å². The number of thiazole rings is 1. The van der Waals surface area contributed by atoms with E-state index in [2.05, 4.69) is 21.6 Å². The fraction of sp³-hybridized carbons (Fsp3) is 0.118. The molecule has 5 nitrogen and oxygen atoms in total. The summed E-state index contributed by atoms with van der Waals surface area (Å²) in [7, 11) is 0. The van der Waals surface area contributed by atoms with Gasteiger partial charge >= 0.3 is 0 Å². The number of rotatable bonds is 5. The van der Waals surface area contributed by atoms with Crippen LogP contribution in [0.2, 0.25) is 0 Å². The molecule has 23 heavy (non-hydrogen) atoms. The lowest BCUT2D eigenvalue weighted by Gasteiger charge is -2.26. The Bertz CT molecular complexity index is 866. The van der Waals surface area contributed by atoms with E-state index in [1.165, 1.54) is 11.3 Å². The molecular weight excluding hydrogens is 308 g/mol. The van der Waals surface area contributed by atoms with Crippen LogP contribution in [0.4, 0.5) is 0 Å². The smallest absolute Gasteiger partial charge is 0.145 e. The number of nitrogens with zero attached hydrogens (tertiary/aromatic N) is 4. The third-order valence-corrected chi connectivity index (χ3v) is 4.73. The van der Waals surface area contributed by atoms with E-state index >= 15 is 0 Å². The van der Waals surface area contributed by atoms with Gasteiger partial charge in [0.25, 0.3) is 0 Å². The summed E-state index contributed by atoms with van der Waals surface area (Å²) in [5.74, 6) is 0. The van der Waals surface area contributed by atoms with Gasteiger partial charge in [0.1, 0.15) is 10.6 Å². The summed E-state index contributed by atoms with van der Waals surface area (Å²) in [5, 5.41) is 15.4. The Balaban J connectivity index is 2.14. The fourth-order valence-corrected chi connectivity index (χ4v) is 3.53. The number of para-hydroxylation sites is 1. The molecule has 2 aromatic carbocycles. The summed E-state index contributed by atoms with van der Waals surface area (Å²) in [6.45, 7) is 3.73. The van der Waals surface area contributed by atoms with Crippen molar-refractivity contribution in [3.05, 3.63) is 87.9 Å². The molecule has 0 aliphatic rings. The predicted molar refractivity (Wildman–Crippen MR) is 92.0 cm³/mol. The molecule has 0 aliphatic carbocycles. The zero-order valence-electron chi connectivity index (χ0n) is 12.3. The van der Waals surface area contributed by atoms with Crippen molar-refractivity contribution in [2.24, 2.45) is 5.11 Å². The van der Waals surface area contributed by atoms with E-state index in [1.807, 2.05) is 54.6 Å². The highest BCUT2D eigenvalue weighted by molar-refractivity contribution is 7.18. The maximum absolute atomic E-state index is 11.4. The first-order chi connectivity index (χ1) is 11.1. The summed E-state index contributed by atoms with van der Waals surface area (Å²) < 4.78 is 0.992. The Morgan fingerprint density at radius 1 is 1.22 bits per heavy atom. The van der Waals surface area contributed by atoms with Crippen LogP contribution in [-0.2, 0) is 5.60 Å². The second-order valence-corrected chi connectivity index (χ2v) is 6.18. The minimum atomic E-state index is -1.38. The van der Waals surface area contributed by atoms with Gasteiger partial charge < -0.3 is 5.11 Å². The molecule has 1 heterocycles. The van der Waals surface area contributed by atoms with Crippen molar-refractivity contribution in [2.45, 2.75) is 12.0 Å². The molecule has 0 saturated carbocycles. The molecule has 0 amide bonds. The third-order valence-electron chi connectivity index (χ3n) is 3.55. The van der Waals surface area contributed by atoms with Crippen LogP contribution in [0.1, 0.15) is 17.0 Å². The standard InChI is InChI=1S/C17H14N4OS/c1-12(20-21-18)11-17(22,13-7-3-2-4-8-13)16-19-14-9-5-6-10-15(14)23-16/h2-10,22H,1,11H2. The SMILES string of the molecule is C=C(CC(O)(c1ccccc1)c1nc2ccccc2s1)N=[N+]=[N-]. The number of hydrogen-bond acceptors (Lipinski definition) is 4. The average Bonchev–Trinajstić information content (AvgIpc) is 3.00. The quantitative estimate of drug-likeness (QED) is 0.418. The van der Waals surface area contributed by atoms with Gasteiger partial charge in [0.2, 0.25) is 0 Å². The fourth-order valence-electron chi connectivity index (χ4n) is 2.46. The largest absolute Gasteiger partial charge is 0.378 e. The second-order valence-electron chi connectivity index (χ2n) is 5.15. The third kappa shape index (κ3) is 2.96. The molecule has 0 bridgehead atoms. The molecule has 0 aliphatic heterocycles. The predicted octanol–water partition coefficient (Wildman–Crippen LogP) is 4.75. The Kier molecular flexibility index (Phi) is 4.12. The summed E-state index contributed by atoms with van der Waals surface area (Å²) in [6, 6.07) is 17.0. The highest BCUT2D eigenvalue weighted by atomic mass is 32.1. The molecule has 1 atom stereocenters. The maximum Gasteiger partial charge on any atom is 0.145 e. The van der Waals surface area contributed by atoms with Crippen molar-refractivity contribution in [1.29, 1.82) is 0 Å². The first-order valence-corrected chi connectivity index (χ1v) is 7.82. The van der Waals surface area contributed by atoms with Gasteiger partial charge in [-0.3, -0.25) is 0 Å². The van der Waals surface area contributed by atoms with Crippen LogP contribution in [0.25, 0.3) is 20.7 Å². The van der Waals surface area contributed by atoms with Crippen molar-refractivity contribution in [1.82, 2.24) is 4.98 Å². The first-order valence-electron chi connectivity index (χ1n) is 7.00. The highest BCUT2D eigenvalue weighted by Crippen LogP contribution is 2.39. The van der Waals surface area contributed by atoms with Gasteiger partial charge in [0, 0.05) is 17.0 Å². The van der Waals surface area contributed by atoms with E-state index in [0.717, 1.165) is 10.2 Å². The minimum Gasteiger partial charge on any atom is -0.378 e. The van der Waals surface area contributed by atoms with Gasteiger partial charge in [-0.15, -0.1) is 11.3 Å². The van der Waals surface area contributed by atoms with Gasteiger partial charge in [0.15, 0.2) is 0 Å². The zero-order valence-corrected chi connectivity index (χ0v) is 13.1. The van der Waals surface area contributed by atoms with Gasteiger partial charge in [-0.1, -0.05) is 54.2 Å². The average molecular weight is 322 g/mol. The number of hydrogen-bond donors (Lipinski definition) is 1. The molecule has 6 heteroatoms. The van der Waals surface area contributed by atoms with Crippen LogP contribution >= 0.6 is 11.3 Å². The number of azide groups is 1. The van der Waals surface area contributed by atoms with Crippen molar-refractivity contribution < 1.29 is 5.11 Å². The second kappa shape index (κ2) is 6.22. The van der Waals surface area contributed by atoms with Crippen molar-refractivity contribution in [2.75, 3.05) is 0 Å². The summed E-state index contributed by atoms with van der Waals surface area (Å²) in [4.78, 5) is 7.31. The Hall–Kier alpha value is -2.66. The van der Waals surface area contributed by atoms with Crippen LogP contribution in [0, 0.1) is 0 Å². The molecule has 3 aromatic rings. The molecule has 0 saturated heterocycles. The molecule has 3 rings (SSSR count). The van der Waals surface area contributed by atoms with Gasteiger partial charge in [-0.2, -0.15) is 0 Å². The lowest BCUT2D eigenvalue weighted by Crippen LogP contribution is -2.27. The number of benzene rings is 2. The van der Waals surface area contributed by atoms with Crippen molar-refractivity contribution >= 4 is 21.6 Å². The first kappa shape index (κ1) is 15.2. The van der Waals surface area contributed by atoms with Gasteiger partial charge in [-0.25, -0.2) is 4.98 Å². The van der Waals surface area contributed by atoms with Gasteiger partial charge in [-0.05, 0) is 23.2 Å². The maximum atomic E-state index is 11.4. The van der Waals surface area contributed by atoms with E-state index in [1.54, 1.807) is 0 Å². The molecule has 0 spiro atoms. The summed E-state index contributed by atoms with van der Waals surface area (Å²) in [6.07, 6.45) is 0.0842. The highest BCUT2D eigenvalue weighted by Gasteiger charge is 2.35. The van der Waals surface area contributed by atoms with Crippen molar-refractivity contribution in [3.8, 4) is 0 Å². The Morgan fingerprint density at radius 2 is 1.91 bits per heavy atom. The molecule has 1 unspecified atom stereocenters. The van der Waals surface area contributed by atoms with E-state index in [0.29, 0.717) is 10.6 Å². The van der Waals surface area contributed by atoms with E-state index < -0.39 is 5.60 Å². The van der Waals surface area contributed by atoms with Crippen LogP contribution in [0.15, 0.2) is 72.0 Å². The lowest BCUT2D eigenvalue weighted by atomic mass is 9.90. The monoisotopic (exact) mass is 322 g/mol. The Morgan fingerprint density at radius 3 is 2.61 bits per heavy atom. The van der Waals surface area contributed by atoms with E-state index in [4.69, 9.17) is 5.53 Å². The molecule has 114 valence electrons. The van der Waals surface area contributed by atoms with Crippen LogP contribution in [0.3, 0.4) is 0 Å². The van der Waals surface area contributed by atoms with Gasteiger partial charge in [0.05, 0.1) is 10.2 Å². The molecule has 1 aromatic heterocycles. The number of aromatic nitrogens is 1. The van der Waals surface area contributed by atoms with Crippen molar-refractivity contribution in [3.63, 3.8) is 0 Å². The van der Waals surface area contributed by atoms with E-state index in [-0.39, 0.29) is 12.1 Å². The topological polar surface area (TPSA) is 81.9 Å². The normalized spacial score (nSPS) is 13.3. The number of aliphatic hydroxyl groups is 1. The molecule has 0 radical (unpaired) electrons. The lowest BCUT2D eigenvalue weighted by molar-refractivity contribution is 0.0808. The Labute approximate surface area is 137 Å². The molecule has 1 N–H and O–H groups in total.